The Morgan fingerprint density at radius 3 is 3.14 bits per heavy atom. The number of benzene rings is 1. The van der Waals surface area contributed by atoms with Crippen molar-refractivity contribution < 1.29 is 4.74 Å². The number of halogens is 1. The summed E-state index contributed by atoms with van der Waals surface area (Å²) in [4.78, 5) is 4.36. The van der Waals surface area contributed by atoms with Crippen LogP contribution in [0, 0.1) is 0 Å². The number of ether oxygens (including phenoxy) is 1. The van der Waals surface area contributed by atoms with E-state index in [4.69, 9.17) is 16.3 Å². The number of hydrogen-bond acceptors (Lipinski definition) is 6. The van der Waals surface area contributed by atoms with Gasteiger partial charge in [-0.25, -0.2) is 0 Å². The Labute approximate surface area is 127 Å². The maximum Gasteiger partial charge on any atom is 0.244 e. The molecule has 0 amide bonds. The molecule has 2 N–H and O–H groups in total. The summed E-state index contributed by atoms with van der Waals surface area (Å²) in [6.45, 7) is 1.53. The second-order valence-corrected chi connectivity index (χ2v) is 5.25. The van der Waals surface area contributed by atoms with E-state index in [9.17, 15) is 0 Å². The van der Waals surface area contributed by atoms with Crippen molar-refractivity contribution in [1.29, 1.82) is 0 Å². The van der Waals surface area contributed by atoms with Gasteiger partial charge in [-0.3, -0.25) is 0 Å². The van der Waals surface area contributed by atoms with Gasteiger partial charge in [0.1, 0.15) is 0 Å². The third kappa shape index (κ3) is 4.03. The first kappa shape index (κ1) is 14.0. The van der Waals surface area contributed by atoms with E-state index in [-0.39, 0.29) is 6.10 Å². The molecule has 2 heterocycles. The van der Waals surface area contributed by atoms with Crippen molar-refractivity contribution >= 4 is 29.1 Å². The molecular formula is C14H16ClN5O. The first-order chi connectivity index (χ1) is 10.3. The van der Waals surface area contributed by atoms with E-state index in [2.05, 4.69) is 25.8 Å². The molecule has 0 saturated carbocycles. The zero-order valence-corrected chi connectivity index (χ0v) is 12.2. The highest BCUT2D eigenvalue weighted by Crippen LogP contribution is 2.19. The second-order valence-electron chi connectivity index (χ2n) is 4.82. The zero-order chi connectivity index (χ0) is 14.5. The number of anilines is 3. The molecule has 1 unspecified atom stereocenters. The maximum absolute atomic E-state index is 5.95. The lowest BCUT2D eigenvalue weighted by molar-refractivity contribution is 0.120. The molecule has 2 aromatic rings. The van der Waals surface area contributed by atoms with Gasteiger partial charge in [-0.1, -0.05) is 17.7 Å². The van der Waals surface area contributed by atoms with Gasteiger partial charge in [0.2, 0.25) is 5.95 Å². The van der Waals surface area contributed by atoms with E-state index in [1.165, 1.54) is 0 Å². The van der Waals surface area contributed by atoms with Crippen molar-refractivity contribution in [2.45, 2.75) is 18.9 Å². The van der Waals surface area contributed by atoms with Gasteiger partial charge in [-0.05, 0) is 31.0 Å². The van der Waals surface area contributed by atoms with Gasteiger partial charge in [0.25, 0.3) is 0 Å². The van der Waals surface area contributed by atoms with Crippen LogP contribution in [0.5, 0.6) is 0 Å². The molecule has 110 valence electrons. The van der Waals surface area contributed by atoms with Crippen molar-refractivity contribution in [3.8, 4) is 0 Å². The van der Waals surface area contributed by atoms with Gasteiger partial charge in [0.15, 0.2) is 5.82 Å². The van der Waals surface area contributed by atoms with Crippen molar-refractivity contribution in [3.05, 3.63) is 35.5 Å². The van der Waals surface area contributed by atoms with Crippen molar-refractivity contribution in [2.24, 2.45) is 0 Å². The summed E-state index contributed by atoms with van der Waals surface area (Å²) in [5, 5.41) is 14.9. The molecule has 1 atom stereocenters. The number of nitrogens with one attached hydrogen (secondary N) is 2. The molecular weight excluding hydrogens is 290 g/mol. The number of hydrogen-bond donors (Lipinski definition) is 2. The molecule has 6 nitrogen and oxygen atoms in total. The highest BCUT2D eigenvalue weighted by Gasteiger charge is 2.15. The molecule has 1 aromatic heterocycles. The van der Waals surface area contributed by atoms with Crippen molar-refractivity contribution in [1.82, 2.24) is 15.2 Å². The third-order valence-corrected chi connectivity index (χ3v) is 3.40. The van der Waals surface area contributed by atoms with E-state index in [0.29, 0.717) is 23.3 Å². The Bertz CT molecular complexity index is 603. The fraction of sp³-hybridized carbons (Fsp3) is 0.357. The van der Waals surface area contributed by atoms with Gasteiger partial charge in [-0.15, -0.1) is 5.10 Å². The summed E-state index contributed by atoms with van der Waals surface area (Å²) in [5.74, 6) is 1.10. The number of rotatable bonds is 5. The highest BCUT2D eigenvalue weighted by atomic mass is 35.5. The molecule has 1 aliphatic rings. The average molecular weight is 306 g/mol. The Hall–Kier alpha value is -1.92. The molecule has 1 fully saturated rings. The summed E-state index contributed by atoms with van der Waals surface area (Å²) >= 11 is 5.95. The predicted molar refractivity (Wildman–Crippen MR) is 82.0 cm³/mol. The molecule has 1 aromatic carbocycles. The number of nitrogens with zero attached hydrogens (tertiary/aromatic N) is 3. The lowest BCUT2D eigenvalue weighted by Gasteiger charge is -2.11. The van der Waals surface area contributed by atoms with Crippen LogP contribution >= 0.6 is 11.6 Å². The van der Waals surface area contributed by atoms with Crippen LogP contribution in [-0.2, 0) is 4.74 Å². The molecule has 3 rings (SSSR count). The average Bonchev–Trinajstić information content (AvgIpc) is 2.99. The smallest absolute Gasteiger partial charge is 0.244 e. The van der Waals surface area contributed by atoms with Crippen LogP contribution in [-0.4, -0.2) is 34.4 Å². The quantitative estimate of drug-likeness (QED) is 0.885. The summed E-state index contributed by atoms with van der Waals surface area (Å²) in [5.41, 5.74) is 0.855. The Morgan fingerprint density at radius 1 is 1.38 bits per heavy atom. The van der Waals surface area contributed by atoms with E-state index >= 15 is 0 Å². The molecule has 0 radical (unpaired) electrons. The maximum atomic E-state index is 5.95. The van der Waals surface area contributed by atoms with E-state index in [1.807, 2.05) is 24.3 Å². The van der Waals surface area contributed by atoms with Crippen LogP contribution in [0.1, 0.15) is 12.8 Å². The standard InChI is InChI=1S/C14H16ClN5O/c15-10-3-1-4-11(7-10)18-13-9-17-20-14(19-13)16-8-12-5-2-6-21-12/h1,3-4,7,9,12H,2,5-6,8H2,(H2,16,18,19,20). The Morgan fingerprint density at radius 2 is 2.33 bits per heavy atom. The number of aromatic nitrogens is 3. The van der Waals surface area contributed by atoms with Crippen LogP contribution in [0.3, 0.4) is 0 Å². The Kier molecular flexibility index (Phi) is 4.47. The summed E-state index contributed by atoms with van der Waals surface area (Å²) in [7, 11) is 0. The molecule has 1 saturated heterocycles. The SMILES string of the molecule is Clc1cccc(Nc2cnnc(NCC3CCCO3)n2)c1. The lowest BCUT2D eigenvalue weighted by atomic mass is 10.2. The highest BCUT2D eigenvalue weighted by molar-refractivity contribution is 6.30. The van der Waals surface area contributed by atoms with Gasteiger partial charge in [-0.2, -0.15) is 10.1 Å². The second kappa shape index (κ2) is 6.69. The lowest BCUT2D eigenvalue weighted by Crippen LogP contribution is -2.20. The van der Waals surface area contributed by atoms with Gasteiger partial charge < -0.3 is 15.4 Å². The molecule has 0 aliphatic carbocycles. The van der Waals surface area contributed by atoms with Gasteiger partial charge in [0.05, 0.1) is 12.3 Å². The minimum atomic E-state index is 0.234. The van der Waals surface area contributed by atoms with Crippen LogP contribution < -0.4 is 10.6 Å². The zero-order valence-electron chi connectivity index (χ0n) is 11.4. The molecule has 21 heavy (non-hydrogen) atoms. The fourth-order valence-electron chi connectivity index (χ4n) is 2.16. The largest absolute Gasteiger partial charge is 0.376 e. The first-order valence-corrected chi connectivity index (χ1v) is 7.25. The summed E-state index contributed by atoms with van der Waals surface area (Å²) < 4.78 is 5.54. The first-order valence-electron chi connectivity index (χ1n) is 6.87. The molecule has 1 aliphatic heterocycles. The minimum Gasteiger partial charge on any atom is -0.376 e. The van der Waals surface area contributed by atoms with Crippen LogP contribution in [0.15, 0.2) is 30.5 Å². The predicted octanol–water partition coefficient (Wildman–Crippen LogP) is 2.86. The third-order valence-electron chi connectivity index (χ3n) is 3.17. The normalized spacial score (nSPS) is 17.7. The minimum absolute atomic E-state index is 0.234. The summed E-state index contributed by atoms with van der Waals surface area (Å²) in [6.07, 6.45) is 3.99. The van der Waals surface area contributed by atoms with Gasteiger partial charge >= 0.3 is 0 Å². The van der Waals surface area contributed by atoms with Crippen molar-refractivity contribution in [2.75, 3.05) is 23.8 Å². The summed E-state index contributed by atoms with van der Waals surface area (Å²) in [6, 6.07) is 7.42. The van der Waals surface area contributed by atoms with Crippen molar-refractivity contribution in [3.63, 3.8) is 0 Å². The van der Waals surface area contributed by atoms with E-state index in [1.54, 1.807) is 6.20 Å². The van der Waals surface area contributed by atoms with E-state index in [0.717, 1.165) is 25.1 Å². The van der Waals surface area contributed by atoms with Crippen LogP contribution in [0.2, 0.25) is 5.02 Å². The van der Waals surface area contributed by atoms with Gasteiger partial charge in [0, 0.05) is 23.9 Å². The monoisotopic (exact) mass is 305 g/mol. The van der Waals surface area contributed by atoms with Crippen LogP contribution in [0.25, 0.3) is 0 Å². The van der Waals surface area contributed by atoms with Crippen LogP contribution in [0.4, 0.5) is 17.5 Å². The fourth-order valence-corrected chi connectivity index (χ4v) is 2.35. The van der Waals surface area contributed by atoms with E-state index < -0.39 is 0 Å². The molecule has 7 heteroatoms. The topological polar surface area (TPSA) is 72.0 Å². The molecule has 0 spiro atoms. The molecule has 0 bridgehead atoms. The Balaban J connectivity index is 1.62.